The Labute approximate surface area is 174 Å². The lowest BCUT2D eigenvalue weighted by molar-refractivity contribution is 0.144. The SMILES string of the molecule is Nc1cc(F)cc(C=CCNC(=O)OCC2c3ccccc3-c3ccccc32)c1N. The van der Waals surface area contributed by atoms with Gasteiger partial charge in [0.2, 0.25) is 0 Å². The summed E-state index contributed by atoms with van der Waals surface area (Å²) in [7, 11) is 0. The van der Waals surface area contributed by atoms with Crippen LogP contribution in [-0.2, 0) is 4.74 Å². The van der Waals surface area contributed by atoms with Crippen LogP contribution in [-0.4, -0.2) is 19.2 Å². The predicted octanol–water partition coefficient (Wildman–Crippen LogP) is 4.54. The van der Waals surface area contributed by atoms with Gasteiger partial charge in [-0.2, -0.15) is 0 Å². The number of hydrogen-bond acceptors (Lipinski definition) is 4. The predicted molar refractivity (Wildman–Crippen MR) is 117 cm³/mol. The van der Waals surface area contributed by atoms with E-state index >= 15 is 0 Å². The van der Waals surface area contributed by atoms with E-state index in [0.717, 1.165) is 11.1 Å². The highest BCUT2D eigenvalue weighted by Gasteiger charge is 2.28. The zero-order valence-electron chi connectivity index (χ0n) is 16.3. The Morgan fingerprint density at radius 3 is 2.33 bits per heavy atom. The van der Waals surface area contributed by atoms with Crippen molar-refractivity contribution in [2.45, 2.75) is 5.92 Å². The average Bonchev–Trinajstić information content (AvgIpc) is 3.07. The maximum absolute atomic E-state index is 13.4. The molecular weight excluding hydrogens is 381 g/mol. The van der Waals surface area contributed by atoms with Crippen molar-refractivity contribution in [2.24, 2.45) is 0 Å². The number of nitrogens with one attached hydrogen (secondary N) is 1. The first-order chi connectivity index (χ1) is 14.5. The van der Waals surface area contributed by atoms with Crippen LogP contribution >= 0.6 is 0 Å². The van der Waals surface area contributed by atoms with Gasteiger partial charge in [-0.3, -0.25) is 0 Å². The summed E-state index contributed by atoms with van der Waals surface area (Å²) in [6.07, 6.45) is 2.75. The Bertz CT molecular complexity index is 1080. The van der Waals surface area contributed by atoms with Crippen molar-refractivity contribution in [3.05, 3.63) is 89.2 Å². The van der Waals surface area contributed by atoms with Crippen LogP contribution in [0, 0.1) is 5.82 Å². The summed E-state index contributed by atoms with van der Waals surface area (Å²) < 4.78 is 18.9. The number of fused-ring (bicyclic) bond motifs is 3. The van der Waals surface area contributed by atoms with Crippen molar-refractivity contribution in [1.82, 2.24) is 5.32 Å². The van der Waals surface area contributed by atoms with Gasteiger partial charge in [0.25, 0.3) is 0 Å². The molecule has 0 bridgehead atoms. The Hall–Kier alpha value is -3.80. The third kappa shape index (κ3) is 3.85. The number of carbonyl (C=O) groups is 1. The molecule has 0 atom stereocenters. The van der Waals surface area contributed by atoms with Gasteiger partial charge in [-0.25, -0.2) is 9.18 Å². The Balaban J connectivity index is 1.35. The van der Waals surface area contributed by atoms with Gasteiger partial charge in [0.05, 0.1) is 11.4 Å². The smallest absolute Gasteiger partial charge is 0.407 e. The number of amides is 1. The number of anilines is 2. The molecule has 0 spiro atoms. The molecule has 6 heteroatoms. The molecule has 0 radical (unpaired) electrons. The van der Waals surface area contributed by atoms with Crippen LogP contribution in [0.5, 0.6) is 0 Å². The highest BCUT2D eigenvalue weighted by Crippen LogP contribution is 2.44. The van der Waals surface area contributed by atoms with E-state index in [1.807, 2.05) is 24.3 Å². The first kappa shape index (κ1) is 19.5. The van der Waals surface area contributed by atoms with Crippen LogP contribution in [0.25, 0.3) is 17.2 Å². The quantitative estimate of drug-likeness (QED) is 0.546. The van der Waals surface area contributed by atoms with E-state index in [1.54, 1.807) is 12.2 Å². The van der Waals surface area contributed by atoms with Gasteiger partial charge in [-0.15, -0.1) is 0 Å². The normalized spacial score (nSPS) is 12.6. The van der Waals surface area contributed by atoms with Gasteiger partial charge in [0.15, 0.2) is 0 Å². The third-order valence-corrected chi connectivity index (χ3v) is 5.21. The number of alkyl carbamates (subject to hydrolysis) is 1. The minimum Gasteiger partial charge on any atom is -0.449 e. The molecule has 3 aromatic carbocycles. The number of halogens is 1. The summed E-state index contributed by atoms with van der Waals surface area (Å²) >= 11 is 0. The molecule has 0 heterocycles. The molecule has 1 aliphatic carbocycles. The average molecular weight is 403 g/mol. The zero-order valence-corrected chi connectivity index (χ0v) is 16.3. The fraction of sp³-hybridized carbons (Fsp3) is 0.125. The van der Waals surface area contributed by atoms with Crippen LogP contribution in [0.3, 0.4) is 0 Å². The standard InChI is InChI=1S/C24H22FN3O2/c25-16-12-15(23(27)22(26)13-16)6-5-11-28-24(29)30-14-21-19-9-3-1-7-17(19)18-8-2-4-10-20(18)21/h1-10,12-13,21H,11,14,26-27H2,(H,28,29). The van der Waals surface area contributed by atoms with E-state index in [-0.39, 0.29) is 24.8 Å². The topological polar surface area (TPSA) is 90.4 Å². The van der Waals surface area contributed by atoms with Crippen molar-refractivity contribution in [3.63, 3.8) is 0 Å². The van der Waals surface area contributed by atoms with E-state index in [9.17, 15) is 9.18 Å². The van der Waals surface area contributed by atoms with Crippen molar-refractivity contribution in [1.29, 1.82) is 0 Å². The molecule has 152 valence electrons. The number of benzene rings is 3. The molecule has 5 N–H and O–H groups in total. The molecule has 0 saturated carbocycles. The molecule has 0 fully saturated rings. The lowest BCUT2D eigenvalue weighted by atomic mass is 9.98. The third-order valence-electron chi connectivity index (χ3n) is 5.21. The summed E-state index contributed by atoms with van der Waals surface area (Å²) in [4.78, 5) is 12.1. The molecule has 0 unspecified atom stereocenters. The van der Waals surface area contributed by atoms with Gasteiger partial charge in [-0.1, -0.05) is 60.7 Å². The highest BCUT2D eigenvalue weighted by atomic mass is 19.1. The molecule has 30 heavy (non-hydrogen) atoms. The number of rotatable bonds is 5. The van der Waals surface area contributed by atoms with E-state index in [1.165, 1.54) is 23.3 Å². The lowest BCUT2D eigenvalue weighted by Crippen LogP contribution is -2.26. The van der Waals surface area contributed by atoms with Crippen LogP contribution in [0.15, 0.2) is 66.7 Å². The number of hydrogen-bond donors (Lipinski definition) is 3. The number of nitrogens with two attached hydrogens (primary N) is 2. The minimum atomic E-state index is -0.520. The Morgan fingerprint density at radius 1 is 1.03 bits per heavy atom. The van der Waals surface area contributed by atoms with E-state index < -0.39 is 11.9 Å². The van der Waals surface area contributed by atoms with Crippen molar-refractivity contribution in [2.75, 3.05) is 24.6 Å². The molecule has 0 aromatic heterocycles. The number of ether oxygens (including phenoxy) is 1. The summed E-state index contributed by atoms with van der Waals surface area (Å²) in [5.74, 6) is -0.459. The van der Waals surface area contributed by atoms with Crippen molar-refractivity contribution in [3.8, 4) is 11.1 Å². The second-order valence-electron chi connectivity index (χ2n) is 7.11. The van der Waals surface area contributed by atoms with E-state index in [4.69, 9.17) is 16.2 Å². The second-order valence-corrected chi connectivity index (χ2v) is 7.11. The second kappa shape index (κ2) is 8.29. The van der Waals surface area contributed by atoms with Gasteiger partial charge in [0.1, 0.15) is 12.4 Å². The first-order valence-corrected chi connectivity index (χ1v) is 9.64. The summed E-state index contributed by atoms with van der Waals surface area (Å²) in [5.41, 5.74) is 17.1. The fourth-order valence-corrected chi connectivity index (χ4v) is 3.78. The van der Waals surface area contributed by atoms with Crippen LogP contribution < -0.4 is 16.8 Å². The van der Waals surface area contributed by atoms with E-state index in [0.29, 0.717) is 11.3 Å². The fourth-order valence-electron chi connectivity index (χ4n) is 3.78. The Kier molecular flexibility index (Phi) is 5.39. The monoisotopic (exact) mass is 403 g/mol. The maximum Gasteiger partial charge on any atom is 0.407 e. The lowest BCUT2D eigenvalue weighted by Gasteiger charge is -2.14. The minimum absolute atomic E-state index is 0.00811. The molecule has 0 aliphatic heterocycles. The highest BCUT2D eigenvalue weighted by molar-refractivity contribution is 5.79. The Morgan fingerprint density at radius 2 is 1.67 bits per heavy atom. The number of nitrogen functional groups attached to an aromatic ring is 2. The molecule has 3 aromatic rings. The van der Waals surface area contributed by atoms with Crippen molar-refractivity contribution < 1.29 is 13.9 Å². The van der Waals surface area contributed by atoms with Crippen LogP contribution in [0.4, 0.5) is 20.6 Å². The van der Waals surface area contributed by atoms with Crippen LogP contribution in [0.2, 0.25) is 0 Å². The molecular formula is C24H22FN3O2. The van der Waals surface area contributed by atoms with E-state index in [2.05, 4.69) is 29.6 Å². The summed E-state index contributed by atoms with van der Waals surface area (Å²) in [6, 6.07) is 18.8. The van der Waals surface area contributed by atoms with Gasteiger partial charge in [0, 0.05) is 18.0 Å². The van der Waals surface area contributed by atoms with Gasteiger partial charge in [-0.05, 0) is 34.4 Å². The van der Waals surface area contributed by atoms with Crippen molar-refractivity contribution >= 4 is 23.5 Å². The maximum atomic E-state index is 13.4. The molecule has 5 nitrogen and oxygen atoms in total. The zero-order chi connectivity index (χ0) is 21.1. The molecule has 1 aliphatic rings. The van der Waals surface area contributed by atoms with Gasteiger partial charge < -0.3 is 21.5 Å². The molecule has 0 saturated heterocycles. The van der Waals surface area contributed by atoms with Gasteiger partial charge >= 0.3 is 6.09 Å². The molecule has 1 amide bonds. The number of carbonyl (C=O) groups excluding carboxylic acids is 1. The largest absolute Gasteiger partial charge is 0.449 e. The molecule has 4 rings (SSSR count). The summed E-state index contributed by atoms with van der Waals surface area (Å²) in [5, 5.41) is 2.66. The van der Waals surface area contributed by atoms with Crippen LogP contribution in [0.1, 0.15) is 22.6 Å². The summed E-state index contributed by atoms with van der Waals surface area (Å²) in [6.45, 7) is 0.462. The first-order valence-electron chi connectivity index (χ1n) is 9.64.